The first-order valence-electron chi connectivity index (χ1n) is 6.49. The standard InChI is InChI=1S/C14H16N4O/c1-8-17-12-11(9-5-3-2-4-6-9)10(7-15)13(16)18-14(12)19-8/h2-3,9,11,18H,4-6,16H2,1H3/t9-,11-/m1/s1. The highest BCUT2D eigenvalue weighted by Crippen LogP contribution is 2.44. The minimum atomic E-state index is -0.0522. The molecule has 0 saturated carbocycles. The summed E-state index contributed by atoms with van der Waals surface area (Å²) in [5, 5.41) is 12.3. The molecule has 0 fully saturated rings. The molecule has 5 heteroatoms. The van der Waals surface area contributed by atoms with Gasteiger partial charge in [-0.3, -0.25) is 0 Å². The number of allylic oxidation sites excluding steroid dienone is 3. The molecule has 0 radical (unpaired) electrons. The van der Waals surface area contributed by atoms with Gasteiger partial charge in [0.2, 0.25) is 5.88 Å². The van der Waals surface area contributed by atoms with Crippen LogP contribution in [0.1, 0.15) is 36.8 Å². The summed E-state index contributed by atoms with van der Waals surface area (Å²) < 4.78 is 5.53. The summed E-state index contributed by atoms with van der Waals surface area (Å²) in [7, 11) is 0. The highest BCUT2D eigenvalue weighted by Gasteiger charge is 2.37. The van der Waals surface area contributed by atoms with E-state index in [4.69, 9.17) is 10.2 Å². The first kappa shape index (κ1) is 11.8. The van der Waals surface area contributed by atoms with E-state index >= 15 is 0 Å². The van der Waals surface area contributed by atoms with Gasteiger partial charge in [-0.25, -0.2) is 4.98 Å². The molecule has 1 aliphatic heterocycles. The van der Waals surface area contributed by atoms with Crippen LogP contribution in [0.2, 0.25) is 0 Å². The second kappa shape index (κ2) is 4.47. The van der Waals surface area contributed by atoms with Crippen LogP contribution in [-0.4, -0.2) is 4.98 Å². The van der Waals surface area contributed by atoms with E-state index in [-0.39, 0.29) is 5.92 Å². The number of nitriles is 1. The maximum absolute atomic E-state index is 9.39. The summed E-state index contributed by atoms with van der Waals surface area (Å²) in [6.07, 6.45) is 7.40. The number of anilines is 1. The Morgan fingerprint density at radius 1 is 1.53 bits per heavy atom. The zero-order chi connectivity index (χ0) is 13.4. The van der Waals surface area contributed by atoms with Gasteiger partial charge in [-0.05, 0) is 25.2 Å². The van der Waals surface area contributed by atoms with E-state index in [1.165, 1.54) is 0 Å². The van der Waals surface area contributed by atoms with Gasteiger partial charge in [0, 0.05) is 12.8 Å². The fourth-order valence-electron chi connectivity index (χ4n) is 2.95. The van der Waals surface area contributed by atoms with Crippen LogP contribution < -0.4 is 11.1 Å². The smallest absolute Gasteiger partial charge is 0.223 e. The van der Waals surface area contributed by atoms with Crippen molar-refractivity contribution >= 4 is 5.88 Å². The number of rotatable bonds is 1. The van der Waals surface area contributed by atoms with Crippen molar-refractivity contribution in [3.05, 3.63) is 35.1 Å². The Hall–Kier alpha value is -2.22. The number of nitrogens with one attached hydrogen (secondary N) is 1. The quantitative estimate of drug-likeness (QED) is 0.754. The fourth-order valence-corrected chi connectivity index (χ4v) is 2.95. The van der Waals surface area contributed by atoms with Crippen LogP contribution in [0.3, 0.4) is 0 Å². The number of oxazole rings is 1. The predicted octanol–water partition coefficient (Wildman–Crippen LogP) is 2.54. The Morgan fingerprint density at radius 3 is 3.05 bits per heavy atom. The molecule has 98 valence electrons. The predicted molar refractivity (Wildman–Crippen MR) is 70.9 cm³/mol. The molecule has 0 amide bonds. The van der Waals surface area contributed by atoms with Gasteiger partial charge >= 0.3 is 0 Å². The van der Waals surface area contributed by atoms with Crippen LogP contribution in [0.15, 0.2) is 28.0 Å². The van der Waals surface area contributed by atoms with Gasteiger partial charge in [0.15, 0.2) is 5.89 Å². The Labute approximate surface area is 111 Å². The molecule has 0 spiro atoms. The molecule has 2 aliphatic rings. The van der Waals surface area contributed by atoms with Crippen molar-refractivity contribution in [1.29, 1.82) is 5.26 Å². The first-order chi connectivity index (χ1) is 9.20. The third-order valence-corrected chi connectivity index (χ3v) is 3.81. The molecule has 3 N–H and O–H groups in total. The molecular weight excluding hydrogens is 240 g/mol. The summed E-state index contributed by atoms with van der Waals surface area (Å²) >= 11 is 0. The van der Waals surface area contributed by atoms with Crippen molar-refractivity contribution < 1.29 is 4.42 Å². The maximum atomic E-state index is 9.39. The lowest BCUT2D eigenvalue weighted by Crippen LogP contribution is -2.27. The van der Waals surface area contributed by atoms with Gasteiger partial charge in [-0.2, -0.15) is 5.26 Å². The van der Waals surface area contributed by atoms with Crippen molar-refractivity contribution in [1.82, 2.24) is 4.98 Å². The lowest BCUT2D eigenvalue weighted by Gasteiger charge is -2.30. The van der Waals surface area contributed by atoms with Crippen LogP contribution in [0, 0.1) is 24.2 Å². The first-order valence-corrected chi connectivity index (χ1v) is 6.49. The van der Waals surface area contributed by atoms with Gasteiger partial charge in [0.25, 0.3) is 0 Å². The van der Waals surface area contributed by atoms with E-state index in [1.54, 1.807) is 6.92 Å². The van der Waals surface area contributed by atoms with E-state index in [0.717, 1.165) is 25.0 Å². The summed E-state index contributed by atoms with van der Waals surface area (Å²) in [4.78, 5) is 4.45. The lowest BCUT2D eigenvalue weighted by molar-refractivity contribution is 0.418. The zero-order valence-electron chi connectivity index (χ0n) is 10.8. The topological polar surface area (TPSA) is 87.9 Å². The molecule has 1 aromatic heterocycles. The molecular formula is C14H16N4O. The Morgan fingerprint density at radius 2 is 2.37 bits per heavy atom. The number of fused-ring (bicyclic) bond motifs is 1. The molecule has 0 saturated heterocycles. The summed E-state index contributed by atoms with van der Waals surface area (Å²) in [6.45, 7) is 1.81. The molecule has 2 atom stereocenters. The molecule has 19 heavy (non-hydrogen) atoms. The summed E-state index contributed by atoms with van der Waals surface area (Å²) in [5.74, 6) is 1.90. The van der Waals surface area contributed by atoms with Crippen molar-refractivity contribution in [2.75, 3.05) is 5.32 Å². The van der Waals surface area contributed by atoms with Crippen molar-refractivity contribution in [3.8, 4) is 6.07 Å². The van der Waals surface area contributed by atoms with Crippen LogP contribution in [0.5, 0.6) is 0 Å². The Kier molecular flexibility index (Phi) is 2.79. The molecule has 1 aromatic rings. The van der Waals surface area contributed by atoms with Crippen molar-refractivity contribution in [2.45, 2.75) is 32.1 Å². The minimum Gasteiger partial charge on any atom is -0.425 e. The van der Waals surface area contributed by atoms with E-state index in [2.05, 4.69) is 28.5 Å². The molecule has 0 aromatic carbocycles. The van der Waals surface area contributed by atoms with E-state index in [1.807, 2.05) is 0 Å². The normalized spacial score (nSPS) is 25.7. The Bertz CT molecular complexity index is 605. The average Bonchev–Trinajstić information content (AvgIpc) is 2.77. The van der Waals surface area contributed by atoms with Crippen LogP contribution >= 0.6 is 0 Å². The number of nitrogens with zero attached hydrogens (tertiary/aromatic N) is 2. The number of hydrogen-bond acceptors (Lipinski definition) is 5. The number of hydrogen-bond donors (Lipinski definition) is 2. The largest absolute Gasteiger partial charge is 0.425 e. The van der Waals surface area contributed by atoms with E-state index < -0.39 is 0 Å². The van der Waals surface area contributed by atoms with Gasteiger partial charge in [-0.15, -0.1) is 0 Å². The molecule has 0 bridgehead atoms. The molecule has 1 aliphatic carbocycles. The SMILES string of the molecule is Cc1nc2c(o1)NC(N)=C(C#N)[C@H]2[C@@H]1CC=CCC1. The number of nitrogens with two attached hydrogens (primary N) is 1. The highest BCUT2D eigenvalue weighted by atomic mass is 16.4. The summed E-state index contributed by atoms with van der Waals surface area (Å²) in [5.41, 5.74) is 7.36. The third kappa shape index (κ3) is 1.89. The van der Waals surface area contributed by atoms with Crippen LogP contribution in [0.4, 0.5) is 5.88 Å². The van der Waals surface area contributed by atoms with Gasteiger partial charge in [-0.1, -0.05) is 12.2 Å². The van der Waals surface area contributed by atoms with Crippen LogP contribution in [-0.2, 0) is 0 Å². The monoisotopic (exact) mass is 256 g/mol. The minimum absolute atomic E-state index is 0.0522. The molecule has 2 heterocycles. The lowest BCUT2D eigenvalue weighted by atomic mass is 9.76. The van der Waals surface area contributed by atoms with E-state index in [0.29, 0.717) is 29.1 Å². The average molecular weight is 256 g/mol. The van der Waals surface area contributed by atoms with Gasteiger partial charge in [0.1, 0.15) is 11.5 Å². The van der Waals surface area contributed by atoms with Crippen molar-refractivity contribution in [3.63, 3.8) is 0 Å². The third-order valence-electron chi connectivity index (χ3n) is 3.81. The Balaban J connectivity index is 2.07. The van der Waals surface area contributed by atoms with E-state index in [9.17, 15) is 5.26 Å². The number of aryl methyl sites for hydroxylation is 1. The second-order valence-corrected chi connectivity index (χ2v) is 5.03. The molecule has 0 unspecified atom stereocenters. The molecule has 5 nitrogen and oxygen atoms in total. The maximum Gasteiger partial charge on any atom is 0.223 e. The fraction of sp³-hybridized carbons (Fsp3) is 0.429. The van der Waals surface area contributed by atoms with Gasteiger partial charge in [0.05, 0.1) is 11.6 Å². The zero-order valence-corrected chi connectivity index (χ0v) is 10.8. The van der Waals surface area contributed by atoms with Crippen molar-refractivity contribution in [2.24, 2.45) is 11.7 Å². The molecule has 3 rings (SSSR count). The van der Waals surface area contributed by atoms with Gasteiger partial charge < -0.3 is 15.5 Å². The highest BCUT2D eigenvalue weighted by molar-refractivity contribution is 5.57. The second-order valence-electron chi connectivity index (χ2n) is 5.03. The summed E-state index contributed by atoms with van der Waals surface area (Å²) in [6, 6.07) is 2.24. The van der Waals surface area contributed by atoms with Crippen LogP contribution in [0.25, 0.3) is 0 Å². The number of aromatic nitrogens is 1.